The molecule has 2 N–H and O–H groups in total. The van der Waals surface area contributed by atoms with E-state index in [4.69, 9.17) is 5.73 Å². The standard InChI is InChI=1S/C14H23NO2S/c1-4-5-6-18(16,17)10-14(15)13-8-11(2)7-12(3)9-13/h7-9,14H,4-6,10,15H2,1-3H3. The smallest absolute Gasteiger partial charge is 0.152 e. The zero-order valence-electron chi connectivity index (χ0n) is 11.4. The molecule has 0 spiro atoms. The Bertz CT molecular complexity index is 474. The van der Waals surface area contributed by atoms with E-state index in [1.807, 2.05) is 32.9 Å². The van der Waals surface area contributed by atoms with E-state index in [0.29, 0.717) is 6.42 Å². The number of nitrogens with two attached hydrogens (primary N) is 1. The topological polar surface area (TPSA) is 60.2 Å². The second kappa shape index (κ2) is 6.34. The van der Waals surface area contributed by atoms with Gasteiger partial charge in [0.2, 0.25) is 0 Å². The average molecular weight is 269 g/mol. The van der Waals surface area contributed by atoms with Crippen molar-refractivity contribution in [3.05, 3.63) is 34.9 Å². The highest BCUT2D eigenvalue weighted by atomic mass is 32.2. The van der Waals surface area contributed by atoms with E-state index in [1.165, 1.54) is 0 Å². The third kappa shape index (κ3) is 4.78. The molecule has 1 atom stereocenters. The van der Waals surface area contributed by atoms with Crippen molar-refractivity contribution in [1.82, 2.24) is 0 Å². The Morgan fingerprint density at radius 3 is 2.22 bits per heavy atom. The molecule has 3 nitrogen and oxygen atoms in total. The summed E-state index contributed by atoms with van der Waals surface area (Å²) in [6, 6.07) is 5.56. The lowest BCUT2D eigenvalue weighted by Gasteiger charge is -2.14. The summed E-state index contributed by atoms with van der Waals surface area (Å²) in [6.45, 7) is 5.98. The molecule has 1 unspecified atom stereocenters. The van der Waals surface area contributed by atoms with Crippen molar-refractivity contribution in [1.29, 1.82) is 0 Å². The number of aryl methyl sites for hydroxylation is 2. The molecule has 0 saturated carbocycles. The van der Waals surface area contributed by atoms with Gasteiger partial charge in [-0.05, 0) is 25.8 Å². The van der Waals surface area contributed by atoms with Crippen LogP contribution in [0.15, 0.2) is 18.2 Å². The highest BCUT2D eigenvalue weighted by Crippen LogP contribution is 2.17. The first-order valence-corrected chi connectivity index (χ1v) is 8.20. The molecule has 0 radical (unpaired) electrons. The average Bonchev–Trinajstić information content (AvgIpc) is 2.24. The molecule has 102 valence electrons. The molecule has 0 heterocycles. The lowest BCUT2D eigenvalue weighted by molar-refractivity contribution is 0.585. The monoisotopic (exact) mass is 269 g/mol. The minimum atomic E-state index is -3.04. The van der Waals surface area contributed by atoms with Gasteiger partial charge in [-0.25, -0.2) is 8.42 Å². The third-order valence-electron chi connectivity index (χ3n) is 2.91. The largest absolute Gasteiger partial charge is 0.323 e. The van der Waals surface area contributed by atoms with Crippen LogP contribution in [0.5, 0.6) is 0 Å². The Morgan fingerprint density at radius 1 is 1.17 bits per heavy atom. The molecule has 0 aliphatic carbocycles. The minimum absolute atomic E-state index is 0.0376. The van der Waals surface area contributed by atoms with E-state index in [1.54, 1.807) is 0 Å². The Labute approximate surface area is 110 Å². The zero-order chi connectivity index (χ0) is 13.8. The Kier molecular flexibility index (Phi) is 5.35. The van der Waals surface area contributed by atoms with Gasteiger partial charge in [0.25, 0.3) is 0 Å². The van der Waals surface area contributed by atoms with E-state index in [2.05, 4.69) is 6.07 Å². The van der Waals surface area contributed by atoms with Gasteiger partial charge in [0, 0.05) is 6.04 Å². The maximum absolute atomic E-state index is 11.9. The molecule has 0 aliphatic rings. The van der Waals surface area contributed by atoms with Crippen LogP contribution in [0, 0.1) is 13.8 Å². The summed E-state index contributed by atoms with van der Waals surface area (Å²) < 4.78 is 23.7. The summed E-state index contributed by atoms with van der Waals surface area (Å²) in [5.74, 6) is 0.276. The van der Waals surface area contributed by atoms with Crippen LogP contribution in [-0.4, -0.2) is 19.9 Å². The van der Waals surface area contributed by atoms with Gasteiger partial charge in [0.1, 0.15) is 0 Å². The first kappa shape index (κ1) is 15.2. The number of rotatable bonds is 6. The third-order valence-corrected chi connectivity index (χ3v) is 4.69. The molecule has 0 aliphatic heterocycles. The summed E-state index contributed by atoms with van der Waals surface area (Å²) >= 11 is 0. The van der Waals surface area contributed by atoms with Gasteiger partial charge < -0.3 is 5.73 Å². The van der Waals surface area contributed by atoms with Crippen molar-refractivity contribution >= 4 is 9.84 Å². The summed E-state index contributed by atoms with van der Waals surface area (Å²) in [4.78, 5) is 0. The van der Waals surface area contributed by atoms with Crippen LogP contribution in [0.3, 0.4) is 0 Å². The second-order valence-electron chi connectivity index (χ2n) is 5.00. The molecule has 1 aromatic carbocycles. The quantitative estimate of drug-likeness (QED) is 0.863. The lowest BCUT2D eigenvalue weighted by atomic mass is 10.0. The molecule has 18 heavy (non-hydrogen) atoms. The number of hydrogen-bond acceptors (Lipinski definition) is 3. The Morgan fingerprint density at radius 2 is 1.72 bits per heavy atom. The molecular formula is C14H23NO2S. The lowest BCUT2D eigenvalue weighted by Crippen LogP contribution is -2.23. The van der Waals surface area contributed by atoms with Gasteiger partial charge in [-0.3, -0.25) is 0 Å². The predicted molar refractivity (Wildman–Crippen MR) is 76.4 cm³/mol. The van der Waals surface area contributed by atoms with Gasteiger partial charge in [0.05, 0.1) is 11.5 Å². The fourth-order valence-electron chi connectivity index (χ4n) is 2.04. The number of unbranched alkanes of at least 4 members (excludes halogenated alkanes) is 1. The van der Waals surface area contributed by atoms with Crippen LogP contribution >= 0.6 is 0 Å². The second-order valence-corrected chi connectivity index (χ2v) is 7.22. The Hall–Kier alpha value is -0.870. The summed E-state index contributed by atoms with van der Waals surface area (Å²) in [6.07, 6.45) is 1.60. The fourth-order valence-corrected chi connectivity index (χ4v) is 3.68. The summed E-state index contributed by atoms with van der Waals surface area (Å²) in [5.41, 5.74) is 9.16. The minimum Gasteiger partial charge on any atom is -0.323 e. The SMILES string of the molecule is CCCCS(=O)(=O)CC(N)c1cc(C)cc(C)c1. The van der Waals surface area contributed by atoms with Crippen LogP contribution in [-0.2, 0) is 9.84 Å². The molecule has 0 aromatic heterocycles. The van der Waals surface area contributed by atoms with Gasteiger partial charge in [-0.15, -0.1) is 0 Å². The Balaban J connectivity index is 2.78. The summed E-state index contributed by atoms with van der Waals surface area (Å²) in [7, 11) is -3.04. The zero-order valence-corrected chi connectivity index (χ0v) is 12.3. The molecule has 0 bridgehead atoms. The van der Waals surface area contributed by atoms with Gasteiger partial charge in [-0.1, -0.05) is 42.7 Å². The first-order valence-electron chi connectivity index (χ1n) is 6.38. The van der Waals surface area contributed by atoms with Crippen LogP contribution in [0.2, 0.25) is 0 Å². The maximum atomic E-state index is 11.9. The molecular weight excluding hydrogens is 246 g/mol. The van der Waals surface area contributed by atoms with Crippen molar-refractivity contribution in [2.24, 2.45) is 5.73 Å². The van der Waals surface area contributed by atoms with Gasteiger partial charge in [-0.2, -0.15) is 0 Å². The number of sulfone groups is 1. The van der Waals surface area contributed by atoms with Crippen molar-refractivity contribution in [3.63, 3.8) is 0 Å². The van der Waals surface area contributed by atoms with Crippen molar-refractivity contribution in [2.45, 2.75) is 39.7 Å². The first-order chi connectivity index (χ1) is 8.34. The molecule has 0 fully saturated rings. The van der Waals surface area contributed by atoms with Crippen molar-refractivity contribution in [2.75, 3.05) is 11.5 Å². The van der Waals surface area contributed by atoms with E-state index < -0.39 is 15.9 Å². The van der Waals surface area contributed by atoms with E-state index in [9.17, 15) is 8.42 Å². The van der Waals surface area contributed by atoms with E-state index >= 15 is 0 Å². The van der Waals surface area contributed by atoms with E-state index in [0.717, 1.165) is 23.1 Å². The molecule has 0 amide bonds. The molecule has 0 saturated heterocycles. The fraction of sp³-hybridized carbons (Fsp3) is 0.571. The molecule has 4 heteroatoms. The van der Waals surface area contributed by atoms with Crippen LogP contribution in [0.4, 0.5) is 0 Å². The van der Waals surface area contributed by atoms with Crippen molar-refractivity contribution < 1.29 is 8.42 Å². The maximum Gasteiger partial charge on any atom is 0.152 e. The number of benzene rings is 1. The van der Waals surface area contributed by atoms with E-state index in [-0.39, 0.29) is 11.5 Å². The van der Waals surface area contributed by atoms with Crippen molar-refractivity contribution in [3.8, 4) is 0 Å². The van der Waals surface area contributed by atoms with Gasteiger partial charge in [0.15, 0.2) is 9.84 Å². The van der Waals surface area contributed by atoms with Crippen LogP contribution in [0.25, 0.3) is 0 Å². The predicted octanol–water partition coefficient (Wildman–Crippen LogP) is 2.52. The highest BCUT2D eigenvalue weighted by Gasteiger charge is 2.17. The normalized spacial score (nSPS) is 13.6. The summed E-state index contributed by atoms with van der Waals surface area (Å²) in [5, 5.41) is 0. The van der Waals surface area contributed by atoms with Crippen LogP contribution in [0.1, 0.15) is 42.5 Å². The van der Waals surface area contributed by atoms with Gasteiger partial charge >= 0.3 is 0 Å². The molecule has 1 rings (SSSR count). The molecule has 1 aromatic rings. The highest BCUT2D eigenvalue weighted by molar-refractivity contribution is 7.91. The van der Waals surface area contributed by atoms with Crippen LogP contribution < -0.4 is 5.73 Å². The number of hydrogen-bond donors (Lipinski definition) is 1.